The van der Waals surface area contributed by atoms with Crippen molar-refractivity contribution in [3.8, 4) is 28.0 Å². The van der Waals surface area contributed by atoms with Gasteiger partial charge in [0.15, 0.2) is 17.5 Å². The van der Waals surface area contributed by atoms with Crippen LogP contribution in [0, 0.1) is 29.1 Å². The van der Waals surface area contributed by atoms with Crippen molar-refractivity contribution in [3.05, 3.63) is 113 Å². The van der Waals surface area contributed by atoms with Gasteiger partial charge in [-0.15, -0.1) is 0 Å². The number of alkyl halides is 2. The Kier molecular flexibility index (Phi) is 6.43. The van der Waals surface area contributed by atoms with Crippen LogP contribution in [0.3, 0.4) is 0 Å². The van der Waals surface area contributed by atoms with Crippen molar-refractivity contribution in [3.63, 3.8) is 0 Å². The van der Waals surface area contributed by atoms with Crippen LogP contribution in [0.1, 0.15) is 36.3 Å². The molecule has 0 bridgehead atoms. The van der Waals surface area contributed by atoms with Crippen LogP contribution in [-0.4, -0.2) is 0 Å². The van der Waals surface area contributed by atoms with Gasteiger partial charge in [-0.1, -0.05) is 55.0 Å². The van der Waals surface area contributed by atoms with E-state index in [0.29, 0.717) is 23.6 Å². The third-order valence-electron chi connectivity index (χ3n) is 6.58. The third kappa shape index (κ3) is 4.92. The SMILES string of the molecule is Fc1cc(OC(F)(F)c2c(F)cc(-c3ccc(-c4ccc(C5CCC5)cc4)cc3)cc2F)cc(F)c1F. The van der Waals surface area contributed by atoms with E-state index in [9.17, 15) is 30.7 Å². The summed E-state index contributed by atoms with van der Waals surface area (Å²) in [6, 6.07) is 16.7. The average molecular weight is 516 g/mol. The molecule has 5 rings (SSSR count). The van der Waals surface area contributed by atoms with E-state index in [2.05, 4.69) is 16.9 Å². The van der Waals surface area contributed by atoms with E-state index in [-0.39, 0.29) is 17.7 Å². The summed E-state index contributed by atoms with van der Waals surface area (Å²) >= 11 is 0. The third-order valence-corrected chi connectivity index (χ3v) is 6.58. The van der Waals surface area contributed by atoms with Crippen LogP contribution in [0.5, 0.6) is 5.75 Å². The molecule has 1 fully saturated rings. The first-order valence-electron chi connectivity index (χ1n) is 11.5. The van der Waals surface area contributed by atoms with Crippen molar-refractivity contribution in [2.75, 3.05) is 0 Å². The van der Waals surface area contributed by atoms with Crippen LogP contribution in [-0.2, 0) is 6.11 Å². The highest BCUT2D eigenvalue weighted by atomic mass is 19.3. The molecule has 0 spiro atoms. The fourth-order valence-electron chi connectivity index (χ4n) is 4.35. The molecule has 0 N–H and O–H groups in total. The Morgan fingerprint density at radius 2 is 1.05 bits per heavy atom. The van der Waals surface area contributed by atoms with Crippen molar-refractivity contribution in [2.24, 2.45) is 0 Å². The van der Waals surface area contributed by atoms with Crippen molar-refractivity contribution in [2.45, 2.75) is 31.3 Å². The molecule has 0 aliphatic heterocycles. The topological polar surface area (TPSA) is 9.23 Å². The number of halogens is 7. The Hall–Kier alpha value is -3.81. The fraction of sp³-hybridized carbons (Fsp3) is 0.172. The molecule has 0 aromatic heterocycles. The van der Waals surface area contributed by atoms with Gasteiger partial charge in [-0.2, -0.15) is 8.78 Å². The quantitative estimate of drug-likeness (QED) is 0.183. The summed E-state index contributed by atoms with van der Waals surface area (Å²) in [5.74, 6) is -9.26. The highest BCUT2D eigenvalue weighted by Crippen LogP contribution is 2.39. The van der Waals surface area contributed by atoms with E-state index in [1.54, 1.807) is 24.3 Å². The maximum atomic E-state index is 14.7. The van der Waals surface area contributed by atoms with Gasteiger partial charge < -0.3 is 4.74 Å². The molecule has 0 saturated heterocycles. The molecule has 1 aliphatic carbocycles. The smallest absolute Gasteiger partial charge is 0.429 e. The van der Waals surface area contributed by atoms with Gasteiger partial charge >= 0.3 is 6.11 Å². The van der Waals surface area contributed by atoms with E-state index >= 15 is 0 Å². The Balaban J connectivity index is 1.38. The monoisotopic (exact) mass is 516 g/mol. The van der Waals surface area contributed by atoms with Crippen molar-refractivity contribution in [1.82, 2.24) is 0 Å². The van der Waals surface area contributed by atoms with Gasteiger partial charge in [0.1, 0.15) is 22.9 Å². The van der Waals surface area contributed by atoms with Crippen molar-refractivity contribution >= 4 is 0 Å². The lowest BCUT2D eigenvalue weighted by Crippen LogP contribution is -2.25. The Labute approximate surface area is 208 Å². The highest BCUT2D eigenvalue weighted by molar-refractivity contribution is 5.71. The van der Waals surface area contributed by atoms with Gasteiger partial charge in [-0.05, 0) is 58.7 Å². The van der Waals surface area contributed by atoms with Gasteiger partial charge in [0.2, 0.25) is 0 Å². The van der Waals surface area contributed by atoms with Gasteiger partial charge in [-0.25, -0.2) is 22.0 Å². The lowest BCUT2D eigenvalue weighted by atomic mass is 9.80. The van der Waals surface area contributed by atoms with Crippen LogP contribution in [0.25, 0.3) is 22.3 Å². The average Bonchev–Trinajstić information content (AvgIpc) is 2.81. The first-order chi connectivity index (χ1) is 17.6. The second-order valence-electron chi connectivity index (χ2n) is 8.96. The zero-order chi connectivity index (χ0) is 26.3. The Bertz CT molecular complexity index is 1400. The van der Waals surface area contributed by atoms with E-state index in [4.69, 9.17) is 0 Å². The van der Waals surface area contributed by atoms with Crippen LogP contribution in [0.2, 0.25) is 0 Å². The van der Waals surface area contributed by atoms with Gasteiger partial charge in [0.05, 0.1) is 0 Å². The number of benzene rings is 4. The second kappa shape index (κ2) is 9.57. The molecule has 4 aromatic carbocycles. The van der Waals surface area contributed by atoms with Gasteiger partial charge in [0.25, 0.3) is 0 Å². The predicted molar refractivity (Wildman–Crippen MR) is 125 cm³/mol. The maximum Gasteiger partial charge on any atom is 0.432 e. The van der Waals surface area contributed by atoms with E-state index < -0.39 is 46.5 Å². The number of hydrogen-bond donors (Lipinski definition) is 0. The lowest BCUT2D eigenvalue weighted by Gasteiger charge is -2.25. The van der Waals surface area contributed by atoms with Crippen LogP contribution in [0.15, 0.2) is 72.8 Å². The normalized spacial score (nSPS) is 13.9. The van der Waals surface area contributed by atoms with Gasteiger partial charge in [0, 0.05) is 12.1 Å². The molecule has 0 amide bonds. The largest absolute Gasteiger partial charge is 0.432 e. The molecule has 1 nitrogen and oxygen atoms in total. The zero-order valence-corrected chi connectivity index (χ0v) is 19.2. The molecule has 0 heterocycles. The second-order valence-corrected chi connectivity index (χ2v) is 8.96. The molecule has 0 atom stereocenters. The minimum Gasteiger partial charge on any atom is -0.429 e. The number of ether oxygens (including phenoxy) is 1. The number of rotatable bonds is 6. The molecule has 8 heteroatoms. The molecular weight excluding hydrogens is 497 g/mol. The number of hydrogen-bond acceptors (Lipinski definition) is 1. The summed E-state index contributed by atoms with van der Waals surface area (Å²) in [6.07, 6.45) is -1.00. The summed E-state index contributed by atoms with van der Waals surface area (Å²) in [5.41, 5.74) is 1.78. The Morgan fingerprint density at radius 1 is 0.595 bits per heavy atom. The maximum absolute atomic E-state index is 14.7. The fourth-order valence-corrected chi connectivity index (χ4v) is 4.35. The molecule has 37 heavy (non-hydrogen) atoms. The summed E-state index contributed by atoms with van der Waals surface area (Å²) < 4.78 is 102. The summed E-state index contributed by atoms with van der Waals surface area (Å²) in [5, 5.41) is 0. The highest BCUT2D eigenvalue weighted by Gasteiger charge is 2.41. The summed E-state index contributed by atoms with van der Waals surface area (Å²) in [6.45, 7) is 0. The van der Waals surface area contributed by atoms with E-state index in [1.165, 1.54) is 24.8 Å². The Morgan fingerprint density at radius 3 is 1.51 bits per heavy atom. The minimum absolute atomic E-state index is 0.000280. The first kappa shape index (κ1) is 24.9. The molecule has 1 aliphatic rings. The van der Waals surface area contributed by atoms with E-state index in [0.717, 1.165) is 11.1 Å². The molecule has 1 saturated carbocycles. The molecule has 190 valence electrons. The molecule has 0 radical (unpaired) electrons. The van der Waals surface area contributed by atoms with Crippen LogP contribution < -0.4 is 4.74 Å². The first-order valence-corrected chi connectivity index (χ1v) is 11.5. The summed E-state index contributed by atoms with van der Waals surface area (Å²) in [4.78, 5) is 0. The minimum atomic E-state index is -4.64. The van der Waals surface area contributed by atoms with Crippen molar-refractivity contribution in [1.29, 1.82) is 0 Å². The standard InChI is InChI=1S/C29H19F7O/c30-23-12-21(13-24(31)27(23)29(35,36)37-22-14-25(32)28(34)26(33)15-22)20-10-8-19(9-11-20)18-6-4-17(5-7-18)16-2-1-3-16/h4-16H,1-3H2. The zero-order valence-electron chi connectivity index (χ0n) is 19.2. The summed E-state index contributed by atoms with van der Waals surface area (Å²) in [7, 11) is 0. The predicted octanol–water partition coefficient (Wildman–Crippen LogP) is 9.11. The lowest BCUT2D eigenvalue weighted by molar-refractivity contribution is -0.189. The molecule has 0 unspecified atom stereocenters. The van der Waals surface area contributed by atoms with E-state index in [1.807, 2.05) is 12.1 Å². The molecule has 4 aromatic rings. The van der Waals surface area contributed by atoms with Crippen LogP contribution >= 0.6 is 0 Å². The van der Waals surface area contributed by atoms with Crippen molar-refractivity contribution < 1.29 is 35.5 Å². The molecular formula is C29H19F7O. The van der Waals surface area contributed by atoms with Crippen LogP contribution in [0.4, 0.5) is 30.7 Å². The van der Waals surface area contributed by atoms with Gasteiger partial charge in [-0.3, -0.25) is 0 Å².